The molecule has 8 bridgehead atoms. The minimum atomic E-state index is 0.705. The number of hydrogen-bond acceptors (Lipinski definition) is 10. The Bertz CT molecular complexity index is 3410. The van der Waals surface area contributed by atoms with Crippen LogP contribution in [0.2, 0.25) is 0 Å². The Kier molecular flexibility index (Phi) is 9.17. The van der Waals surface area contributed by atoms with Crippen LogP contribution in [0.3, 0.4) is 0 Å². The molecule has 2 N–H and O–H groups in total. The molecule has 0 fully saturated rings. The van der Waals surface area contributed by atoms with Crippen LogP contribution in [-0.2, 0) is 0 Å². The van der Waals surface area contributed by atoms with Crippen LogP contribution >= 0.6 is 0 Å². The summed E-state index contributed by atoms with van der Waals surface area (Å²) >= 11 is 0. The average Bonchev–Trinajstić information content (AvgIpc) is 4.23. The number of pyridine rings is 4. The quantitative estimate of drug-likeness (QED) is 0.150. The molecule has 13 heterocycles. The van der Waals surface area contributed by atoms with Gasteiger partial charge < -0.3 is 27.6 Å². The number of hydrogen-bond donors (Lipinski definition) is 2. The molecule has 0 aromatic carbocycles. The van der Waals surface area contributed by atoms with Gasteiger partial charge in [0.05, 0.1) is 47.8 Å². The molecule has 11 aromatic heterocycles. The zero-order chi connectivity index (χ0) is 45.0. The van der Waals surface area contributed by atoms with Crippen LogP contribution in [0.4, 0.5) is 0 Å². The van der Waals surface area contributed by atoms with Crippen molar-refractivity contribution < 1.29 is 17.7 Å². The Morgan fingerprint density at radius 2 is 0.544 bits per heavy atom. The van der Waals surface area contributed by atoms with Gasteiger partial charge in [-0.25, -0.2) is 9.97 Å². The fraction of sp³-hybridized carbons (Fsp3) is 0. The summed E-state index contributed by atoms with van der Waals surface area (Å²) in [5.74, 6) is 2.82. The van der Waals surface area contributed by atoms with E-state index in [1.807, 2.05) is 97.6 Å². The fourth-order valence-electron chi connectivity index (χ4n) is 9.04. The summed E-state index contributed by atoms with van der Waals surface area (Å²) in [6, 6.07) is 31.8. The van der Waals surface area contributed by atoms with Gasteiger partial charge in [0.15, 0.2) is 0 Å². The number of furan rings is 4. The molecule has 12 heteroatoms. The molecule has 0 atom stereocenters. The standard InChI is InChI=1S/C56H34N8O4/c1-5-49(65-17-1)33-21-37(29-57-25-33)53-41-9-11-43(61-41)54(38-22-34(26-58-30-38)50-6-2-18-66-50)45-13-15-47(63-45)56(40-24-36(28-60-32-40)52-8-4-20-68-52)48-16-14-46(64-48)55(44-12-10-42(53)62-44)39-23-35(27-59-31-39)51-7-3-19-67-51/h1-32,61,64H. The number of nitrogens with zero attached hydrogens (tertiary/aromatic N) is 6. The van der Waals surface area contributed by atoms with E-state index in [2.05, 4.69) is 58.5 Å². The van der Waals surface area contributed by atoms with Crippen LogP contribution < -0.4 is 0 Å². The highest BCUT2D eigenvalue weighted by Gasteiger charge is 2.21. The minimum absolute atomic E-state index is 0.705. The third-order valence-corrected chi connectivity index (χ3v) is 12.1. The second kappa shape index (κ2) is 16.1. The highest BCUT2D eigenvalue weighted by molar-refractivity contribution is 6.00. The summed E-state index contributed by atoms with van der Waals surface area (Å²) in [5.41, 5.74) is 16.2. The summed E-state index contributed by atoms with van der Waals surface area (Å²) in [4.78, 5) is 37.4. The van der Waals surface area contributed by atoms with Gasteiger partial charge in [-0.1, -0.05) is 0 Å². The number of fused-ring (bicyclic) bond motifs is 8. The lowest BCUT2D eigenvalue weighted by atomic mass is 10.0. The Morgan fingerprint density at radius 1 is 0.294 bits per heavy atom. The second-order valence-electron chi connectivity index (χ2n) is 16.3. The van der Waals surface area contributed by atoms with E-state index in [0.29, 0.717) is 23.0 Å². The van der Waals surface area contributed by atoms with Gasteiger partial charge in [0.2, 0.25) is 0 Å². The smallest absolute Gasteiger partial charge is 0.135 e. The van der Waals surface area contributed by atoms with Crippen molar-refractivity contribution in [3.8, 4) is 89.8 Å². The topological polar surface area (TPSA) is 161 Å². The maximum Gasteiger partial charge on any atom is 0.135 e. The highest BCUT2D eigenvalue weighted by Crippen LogP contribution is 2.40. The van der Waals surface area contributed by atoms with Crippen LogP contribution in [0.5, 0.6) is 0 Å². The van der Waals surface area contributed by atoms with Crippen molar-refractivity contribution in [3.05, 3.63) is 194 Å². The zero-order valence-electron chi connectivity index (χ0n) is 35.8. The van der Waals surface area contributed by atoms with Crippen LogP contribution in [-0.4, -0.2) is 39.9 Å². The van der Waals surface area contributed by atoms with Gasteiger partial charge in [-0.2, -0.15) is 0 Å². The molecule has 0 saturated heterocycles. The van der Waals surface area contributed by atoms with E-state index >= 15 is 0 Å². The third kappa shape index (κ3) is 6.88. The van der Waals surface area contributed by atoms with E-state index in [9.17, 15) is 0 Å². The highest BCUT2D eigenvalue weighted by atomic mass is 16.3. The molecule has 13 rings (SSSR count). The summed E-state index contributed by atoms with van der Waals surface area (Å²) < 4.78 is 23.4. The van der Waals surface area contributed by atoms with Crippen LogP contribution in [0, 0.1) is 0 Å². The summed E-state index contributed by atoms with van der Waals surface area (Å²) in [6.45, 7) is 0. The SMILES string of the molecule is C1=Cc2nc1c(-c1cncc(-c3ccco3)c1)c1ccc([nH]1)c(-c1cncc(-c3ccco3)c1)c1nc(c(-c3cncc(-c4ccco4)c3)c3ccc([nH]3)c2-c2cncc(-c3ccco3)c2)C=C1. The van der Waals surface area contributed by atoms with E-state index in [1.54, 1.807) is 49.8 Å². The van der Waals surface area contributed by atoms with Crippen molar-refractivity contribution in [2.75, 3.05) is 0 Å². The normalized spacial score (nSPS) is 12.0. The summed E-state index contributed by atoms with van der Waals surface area (Å²) in [6.07, 6.45) is 29.5. The van der Waals surface area contributed by atoms with E-state index in [0.717, 1.165) is 112 Å². The average molecular weight is 883 g/mol. The maximum atomic E-state index is 5.84. The van der Waals surface area contributed by atoms with Gasteiger partial charge in [0.25, 0.3) is 0 Å². The molecule has 68 heavy (non-hydrogen) atoms. The molecule has 0 spiro atoms. The van der Waals surface area contributed by atoms with Crippen molar-refractivity contribution in [1.82, 2.24) is 39.9 Å². The number of aromatic amines is 2. The van der Waals surface area contributed by atoms with Gasteiger partial charge in [0, 0.05) is 138 Å². The Labute approximate surface area is 386 Å². The van der Waals surface area contributed by atoms with Gasteiger partial charge in [0.1, 0.15) is 23.0 Å². The molecule has 0 amide bonds. The van der Waals surface area contributed by atoms with E-state index in [4.69, 9.17) is 47.6 Å². The molecule has 0 saturated carbocycles. The van der Waals surface area contributed by atoms with Crippen molar-refractivity contribution >= 4 is 46.4 Å². The molecular formula is C56H34N8O4. The maximum absolute atomic E-state index is 5.84. The van der Waals surface area contributed by atoms with E-state index in [-0.39, 0.29) is 0 Å². The number of aromatic nitrogens is 8. The van der Waals surface area contributed by atoms with Crippen molar-refractivity contribution in [3.63, 3.8) is 0 Å². The lowest BCUT2D eigenvalue weighted by Crippen LogP contribution is -1.92. The molecule has 2 aliphatic rings. The van der Waals surface area contributed by atoms with Crippen LogP contribution in [0.25, 0.3) is 136 Å². The molecule has 0 unspecified atom stereocenters. The molecule has 0 radical (unpaired) electrons. The first-order valence-electron chi connectivity index (χ1n) is 21.8. The van der Waals surface area contributed by atoms with Crippen LogP contribution in [0.15, 0.2) is 189 Å². The van der Waals surface area contributed by atoms with Crippen molar-refractivity contribution in [2.24, 2.45) is 0 Å². The lowest BCUT2D eigenvalue weighted by molar-refractivity contribution is 0.582. The van der Waals surface area contributed by atoms with Gasteiger partial charge in [-0.05, 0) is 121 Å². The second-order valence-corrected chi connectivity index (χ2v) is 16.3. The Balaban J connectivity index is 1.15. The molecule has 2 aliphatic heterocycles. The molecule has 12 nitrogen and oxygen atoms in total. The predicted molar refractivity (Wildman–Crippen MR) is 263 cm³/mol. The predicted octanol–water partition coefficient (Wildman–Crippen LogP) is 13.9. The first-order valence-corrected chi connectivity index (χ1v) is 21.8. The van der Waals surface area contributed by atoms with Gasteiger partial charge in [-0.3, -0.25) is 19.9 Å². The number of nitrogens with one attached hydrogen (secondary N) is 2. The Morgan fingerprint density at radius 3 is 0.779 bits per heavy atom. The first-order chi connectivity index (χ1) is 33.7. The van der Waals surface area contributed by atoms with Crippen molar-refractivity contribution in [2.45, 2.75) is 0 Å². The summed E-state index contributed by atoms with van der Waals surface area (Å²) in [7, 11) is 0. The van der Waals surface area contributed by atoms with Gasteiger partial charge >= 0.3 is 0 Å². The lowest BCUT2D eigenvalue weighted by Gasteiger charge is -2.08. The van der Waals surface area contributed by atoms with E-state index in [1.165, 1.54) is 0 Å². The summed E-state index contributed by atoms with van der Waals surface area (Å²) in [5, 5.41) is 0. The molecule has 322 valence electrons. The minimum Gasteiger partial charge on any atom is -0.464 e. The Hall–Kier alpha value is -9.68. The first kappa shape index (κ1) is 38.8. The van der Waals surface area contributed by atoms with Crippen LogP contribution in [0.1, 0.15) is 22.8 Å². The van der Waals surface area contributed by atoms with Gasteiger partial charge in [-0.15, -0.1) is 0 Å². The number of rotatable bonds is 8. The largest absolute Gasteiger partial charge is 0.464 e. The number of H-pyrrole nitrogens is 2. The fourth-order valence-corrected chi connectivity index (χ4v) is 9.04. The molecule has 0 aliphatic carbocycles. The monoisotopic (exact) mass is 882 g/mol. The molecule has 11 aromatic rings. The zero-order valence-corrected chi connectivity index (χ0v) is 35.8. The van der Waals surface area contributed by atoms with Crippen molar-refractivity contribution in [1.29, 1.82) is 0 Å². The van der Waals surface area contributed by atoms with E-state index < -0.39 is 0 Å². The molecular weight excluding hydrogens is 849 g/mol. The third-order valence-electron chi connectivity index (χ3n) is 12.1.